The molecule has 0 aromatic heterocycles. The molecule has 0 bridgehead atoms. The van der Waals surface area contributed by atoms with E-state index in [0.29, 0.717) is 24.5 Å². The molecular weight excluding hydrogens is 272 g/mol. The Morgan fingerprint density at radius 2 is 2.05 bits per heavy atom. The SMILES string of the molecule is CCCC(=O)CC(C)Cc1c(C)c(Cl)cc(C)c1OC. The zero-order chi connectivity index (χ0) is 15.3. The molecule has 1 aromatic rings. The molecule has 0 aliphatic carbocycles. The van der Waals surface area contributed by atoms with E-state index in [4.69, 9.17) is 16.3 Å². The lowest BCUT2D eigenvalue weighted by molar-refractivity contribution is -0.119. The summed E-state index contributed by atoms with van der Waals surface area (Å²) in [5.41, 5.74) is 3.24. The van der Waals surface area contributed by atoms with Gasteiger partial charge in [0.25, 0.3) is 0 Å². The lowest BCUT2D eigenvalue weighted by Crippen LogP contribution is -2.10. The van der Waals surface area contributed by atoms with Crippen molar-refractivity contribution in [3.63, 3.8) is 0 Å². The van der Waals surface area contributed by atoms with Crippen molar-refractivity contribution in [3.8, 4) is 5.75 Å². The van der Waals surface area contributed by atoms with Crippen LogP contribution in [-0.4, -0.2) is 12.9 Å². The number of hydrogen-bond donors (Lipinski definition) is 0. The average Bonchev–Trinajstić information content (AvgIpc) is 2.36. The Balaban J connectivity index is 2.93. The molecule has 1 aromatic carbocycles. The smallest absolute Gasteiger partial charge is 0.133 e. The molecule has 3 heteroatoms. The number of hydrogen-bond acceptors (Lipinski definition) is 2. The number of halogens is 1. The highest BCUT2D eigenvalue weighted by Gasteiger charge is 2.17. The van der Waals surface area contributed by atoms with Crippen LogP contribution in [0, 0.1) is 19.8 Å². The molecular formula is C17H25ClO2. The third-order valence-corrected chi connectivity index (χ3v) is 4.04. The van der Waals surface area contributed by atoms with Gasteiger partial charge in [0, 0.05) is 17.9 Å². The predicted octanol–water partition coefficient (Wildman–Crippen LogP) is 4.90. The summed E-state index contributed by atoms with van der Waals surface area (Å²) in [5.74, 6) is 1.55. The monoisotopic (exact) mass is 296 g/mol. The van der Waals surface area contributed by atoms with Gasteiger partial charge in [0.15, 0.2) is 0 Å². The van der Waals surface area contributed by atoms with E-state index in [1.807, 2.05) is 26.8 Å². The standard InChI is InChI=1S/C17H25ClO2/c1-6-7-14(19)8-11(2)9-15-13(4)16(18)10-12(3)17(15)20-5/h10-11H,6-9H2,1-5H3. The summed E-state index contributed by atoms with van der Waals surface area (Å²) in [6.07, 6.45) is 3.05. The Kier molecular flexibility index (Phi) is 6.54. The molecule has 0 N–H and O–H groups in total. The molecule has 0 aliphatic rings. The number of rotatable bonds is 7. The van der Waals surface area contributed by atoms with Gasteiger partial charge in [0.1, 0.15) is 11.5 Å². The van der Waals surface area contributed by atoms with Crippen LogP contribution in [0.4, 0.5) is 0 Å². The molecule has 0 saturated heterocycles. The number of ether oxygens (including phenoxy) is 1. The third kappa shape index (κ3) is 4.24. The van der Waals surface area contributed by atoms with Gasteiger partial charge in [-0.05, 0) is 55.4 Å². The van der Waals surface area contributed by atoms with Gasteiger partial charge >= 0.3 is 0 Å². The molecule has 2 nitrogen and oxygen atoms in total. The second kappa shape index (κ2) is 7.68. The van der Waals surface area contributed by atoms with Gasteiger partial charge < -0.3 is 4.74 Å². The van der Waals surface area contributed by atoms with Crippen molar-refractivity contribution < 1.29 is 9.53 Å². The van der Waals surface area contributed by atoms with E-state index < -0.39 is 0 Å². The summed E-state index contributed by atoms with van der Waals surface area (Å²) in [6, 6.07) is 1.94. The number of Topliss-reactive ketones (excluding diaryl/α,β-unsaturated/α-hetero) is 1. The highest BCUT2D eigenvalue weighted by molar-refractivity contribution is 6.31. The summed E-state index contributed by atoms with van der Waals surface area (Å²) >= 11 is 6.26. The number of carbonyl (C=O) groups is 1. The Labute approximate surface area is 127 Å². The van der Waals surface area contributed by atoms with Crippen LogP contribution in [0.3, 0.4) is 0 Å². The van der Waals surface area contributed by atoms with Crippen LogP contribution < -0.4 is 4.74 Å². The van der Waals surface area contributed by atoms with Crippen molar-refractivity contribution in [1.82, 2.24) is 0 Å². The summed E-state index contributed by atoms with van der Waals surface area (Å²) in [7, 11) is 1.69. The van der Waals surface area contributed by atoms with Crippen LogP contribution in [-0.2, 0) is 11.2 Å². The molecule has 112 valence electrons. The number of aryl methyl sites for hydroxylation is 1. The van der Waals surface area contributed by atoms with Crippen molar-refractivity contribution in [2.45, 2.75) is 53.4 Å². The van der Waals surface area contributed by atoms with Gasteiger partial charge in [-0.1, -0.05) is 25.4 Å². The fourth-order valence-electron chi connectivity index (χ4n) is 2.64. The van der Waals surface area contributed by atoms with Crippen LogP contribution in [0.25, 0.3) is 0 Å². The zero-order valence-corrected chi connectivity index (χ0v) is 13.9. The lowest BCUT2D eigenvalue weighted by atomic mass is 9.91. The molecule has 1 rings (SSSR count). The maximum atomic E-state index is 11.8. The number of ketones is 1. The molecule has 0 heterocycles. The maximum Gasteiger partial charge on any atom is 0.133 e. The van der Waals surface area contributed by atoms with Crippen LogP contribution in [0.1, 0.15) is 49.8 Å². The summed E-state index contributed by atoms with van der Waals surface area (Å²) in [5, 5.41) is 0.769. The molecule has 0 saturated carbocycles. The van der Waals surface area contributed by atoms with Gasteiger partial charge in [0.05, 0.1) is 7.11 Å². The molecule has 0 fully saturated rings. The third-order valence-electron chi connectivity index (χ3n) is 3.65. The van der Waals surface area contributed by atoms with Crippen LogP contribution in [0.15, 0.2) is 6.07 Å². The van der Waals surface area contributed by atoms with Gasteiger partial charge in [-0.15, -0.1) is 0 Å². The van der Waals surface area contributed by atoms with E-state index in [0.717, 1.165) is 40.3 Å². The lowest BCUT2D eigenvalue weighted by Gasteiger charge is -2.19. The minimum Gasteiger partial charge on any atom is -0.496 e. The van der Waals surface area contributed by atoms with E-state index in [1.165, 1.54) is 0 Å². The number of methoxy groups -OCH3 is 1. The topological polar surface area (TPSA) is 26.3 Å². The van der Waals surface area contributed by atoms with Crippen LogP contribution >= 0.6 is 11.6 Å². The molecule has 0 aliphatic heterocycles. The second-order valence-electron chi connectivity index (χ2n) is 5.61. The van der Waals surface area contributed by atoms with Crippen molar-refractivity contribution in [1.29, 1.82) is 0 Å². The predicted molar refractivity (Wildman–Crippen MR) is 84.9 cm³/mol. The van der Waals surface area contributed by atoms with Gasteiger partial charge in [-0.2, -0.15) is 0 Å². The first-order valence-corrected chi connectivity index (χ1v) is 7.62. The fourth-order valence-corrected chi connectivity index (χ4v) is 2.91. The molecule has 1 unspecified atom stereocenters. The van der Waals surface area contributed by atoms with Crippen molar-refractivity contribution in [2.24, 2.45) is 5.92 Å². The van der Waals surface area contributed by atoms with Gasteiger partial charge in [0.2, 0.25) is 0 Å². The van der Waals surface area contributed by atoms with Crippen LogP contribution in [0.5, 0.6) is 5.75 Å². The molecule has 0 amide bonds. The molecule has 20 heavy (non-hydrogen) atoms. The quantitative estimate of drug-likeness (QED) is 0.715. The van der Waals surface area contributed by atoms with E-state index in [-0.39, 0.29) is 0 Å². The van der Waals surface area contributed by atoms with Gasteiger partial charge in [-0.25, -0.2) is 0 Å². The summed E-state index contributed by atoms with van der Waals surface area (Å²) < 4.78 is 5.52. The maximum absolute atomic E-state index is 11.8. The highest BCUT2D eigenvalue weighted by atomic mass is 35.5. The van der Waals surface area contributed by atoms with E-state index in [2.05, 4.69) is 6.92 Å². The Morgan fingerprint density at radius 1 is 1.40 bits per heavy atom. The van der Waals surface area contributed by atoms with Crippen molar-refractivity contribution in [3.05, 3.63) is 27.8 Å². The molecule has 0 radical (unpaired) electrons. The largest absolute Gasteiger partial charge is 0.496 e. The second-order valence-corrected chi connectivity index (χ2v) is 6.02. The number of benzene rings is 1. The minimum absolute atomic E-state index is 0.305. The Hall–Kier alpha value is -1.02. The van der Waals surface area contributed by atoms with Crippen molar-refractivity contribution in [2.75, 3.05) is 7.11 Å². The van der Waals surface area contributed by atoms with Crippen LogP contribution in [0.2, 0.25) is 5.02 Å². The van der Waals surface area contributed by atoms with Gasteiger partial charge in [-0.3, -0.25) is 4.79 Å². The summed E-state index contributed by atoms with van der Waals surface area (Å²) in [4.78, 5) is 11.8. The average molecular weight is 297 g/mol. The normalized spacial score (nSPS) is 12.3. The minimum atomic E-state index is 0.305. The number of carbonyl (C=O) groups excluding carboxylic acids is 1. The first-order chi connectivity index (χ1) is 9.40. The van der Waals surface area contributed by atoms with E-state index in [1.54, 1.807) is 7.11 Å². The molecule has 0 spiro atoms. The first-order valence-electron chi connectivity index (χ1n) is 7.24. The zero-order valence-electron chi connectivity index (χ0n) is 13.2. The Morgan fingerprint density at radius 3 is 2.60 bits per heavy atom. The van der Waals surface area contributed by atoms with E-state index in [9.17, 15) is 4.79 Å². The highest BCUT2D eigenvalue weighted by Crippen LogP contribution is 2.34. The van der Waals surface area contributed by atoms with E-state index >= 15 is 0 Å². The Bertz CT molecular complexity index is 480. The first kappa shape index (κ1) is 17.0. The van der Waals surface area contributed by atoms with Crippen molar-refractivity contribution >= 4 is 17.4 Å². The fraction of sp³-hybridized carbons (Fsp3) is 0.588. The summed E-state index contributed by atoms with van der Waals surface area (Å²) in [6.45, 7) is 8.17. The molecule has 1 atom stereocenters.